The molecule has 0 spiro atoms. The lowest BCUT2D eigenvalue weighted by Gasteiger charge is -2.30. The summed E-state index contributed by atoms with van der Waals surface area (Å²) < 4.78 is 0. The first kappa shape index (κ1) is 15.5. The number of piperidine rings is 1. The molecule has 1 saturated heterocycles. The van der Waals surface area contributed by atoms with Gasteiger partial charge in [-0.25, -0.2) is 0 Å². The van der Waals surface area contributed by atoms with Gasteiger partial charge >= 0.3 is 0 Å². The molecule has 106 valence electrons. The molecule has 18 heavy (non-hydrogen) atoms. The summed E-state index contributed by atoms with van der Waals surface area (Å²) in [7, 11) is 0. The van der Waals surface area contributed by atoms with Gasteiger partial charge in [0.15, 0.2) is 0 Å². The number of nitrogens with one attached hydrogen (secondary N) is 1. The molecule has 1 rings (SSSR count). The topological polar surface area (TPSA) is 32.3 Å². The van der Waals surface area contributed by atoms with Crippen LogP contribution in [0.25, 0.3) is 0 Å². The minimum absolute atomic E-state index is 0.172. The fraction of sp³-hybridized carbons (Fsp3) is 0.933. The first-order valence-electron chi connectivity index (χ1n) is 7.63. The lowest BCUT2D eigenvalue weighted by Crippen LogP contribution is -2.36. The van der Waals surface area contributed by atoms with Gasteiger partial charge in [-0.05, 0) is 51.2 Å². The van der Waals surface area contributed by atoms with E-state index in [0.29, 0.717) is 0 Å². The highest BCUT2D eigenvalue weighted by atomic mass is 16.1. The minimum Gasteiger partial charge on any atom is -0.356 e. The van der Waals surface area contributed by atoms with Gasteiger partial charge < -0.3 is 10.2 Å². The Bertz CT molecular complexity index is 235. The molecule has 0 aromatic rings. The van der Waals surface area contributed by atoms with Gasteiger partial charge in [0.05, 0.1) is 0 Å². The van der Waals surface area contributed by atoms with Gasteiger partial charge in [0.25, 0.3) is 0 Å². The van der Waals surface area contributed by atoms with E-state index in [4.69, 9.17) is 0 Å². The fourth-order valence-corrected chi connectivity index (χ4v) is 2.54. The molecule has 0 aromatic carbocycles. The van der Waals surface area contributed by atoms with Gasteiger partial charge in [0.2, 0.25) is 5.91 Å². The monoisotopic (exact) mass is 254 g/mol. The molecular weight excluding hydrogens is 224 g/mol. The molecule has 1 fully saturated rings. The normalized spacial score (nSPS) is 19.7. The molecule has 1 aliphatic heterocycles. The van der Waals surface area contributed by atoms with E-state index >= 15 is 0 Å². The van der Waals surface area contributed by atoms with Crippen molar-refractivity contribution in [3.05, 3.63) is 0 Å². The highest BCUT2D eigenvalue weighted by molar-refractivity contribution is 5.78. The Balaban J connectivity index is 2.02. The molecule has 1 N–H and O–H groups in total. The standard InChI is InChI=1S/C15H30N2O/c1-4-6-14(3)15(18)16-9-5-10-17-11-7-13(2)8-12-17/h13-14H,4-12H2,1-3H3,(H,16,18). The van der Waals surface area contributed by atoms with Crippen molar-refractivity contribution in [1.82, 2.24) is 10.2 Å². The van der Waals surface area contributed by atoms with Crippen LogP contribution >= 0.6 is 0 Å². The van der Waals surface area contributed by atoms with Crippen LogP contribution in [0.3, 0.4) is 0 Å². The van der Waals surface area contributed by atoms with Crippen molar-refractivity contribution in [3.63, 3.8) is 0 Å². The number of hydrogen-bond donors (Lipinski definition) is 1. The molecule has 1 aliphatic rings. The van der Waals surface area contributed by atoms with Gasteiger partial charge in [0, 0.05) is 12.5 Å². The maximum atomic E-state index is 11.7. The number of amides is 1. The predicted molar refractivity (Wildman–Crippen MR) is 76.5 cm³/mol. The Labute approximate surface area is 112 Å². The summed E-state index contributed by atoms with van der Waals surface area (Å²) in [5, 5.41) is 3.05. The number of carbonyl (C=O) groups is 1. The van der Waals surface area contributed by atoms with Crippen LogP contribution in [0.4, 0.5) is 0 Å². The summed E-state index contributed by atoms with van der Waals surface area (Å²) in [6.45, 7) is 10.9. The van der Waals surface area contributed by atoms with Gasteiger partial charge in [-0.2, -0.15) is 0 Å². The quantitative estimate of drug-likeness (QED) is 0.708. The molecule has 3 nitrogen and oxygen atoms in total. The lowest BCUT2D eigenvalue weighted by molar-refractivity contribution is -0.124. The van der Waals surface area contributed by atoms with Crippen LogP contribution in [0.2, 0.25) is 0 Å². The first-order valence-corrected chi connectivity index (χ1v) is 7.63. The zero-order valence-electron chi connectivity index (χ0n) is 12.4. The Hall–Kier alpha value is -0.570. The van der Waals surface area contributed by atoms with E-state index in [2.05, 4.69) is 24.1 Å². The van der Waals surface area contributed by atoms with E-state index in [1.54, 1.807) is 0 Å². The Morgan fingerprint density at radius 3 is 2.67 bits per heavy atom. The fourth-order valence-electron chi connectivity index (χ4n) is 2.54. The van der Waals surface area contributed by atoms with Crippen LogP contribution in [-0.2, 0) is 4.79 Å². The van der Waals surface area contributed by atoms with E-state index < -0.39 is 0 Å². The van der Waals surface area contributed by atoms with E-state index in [1.165, 1.54) is 25.9 Å². The van der Waals surface area contributed by atoms with Crippen LogP contribution < -0.4 is 5.32 Å². The Morgan fingerprint density at radius 1 is 1.39 bits per heavy atom. The molecule has 0 radical (unpaired) electrons. The number of carbonyl (C=O) groups excluding carboxylic acids is 1. The molecule has 0 bridgehead atoms. The molecule has 0 aromatic heterocycles. The summed E-state index contributed by atoms with van der Waals surface area (Å²) in [5.74, 6) is 1.30. The second kappa shape index (κ2) is 8.52. The van der Waals surface area contributed by atoms with E-state index in [9.17, 15) is 4.79 Å². The molecule has 0 saturated carbocycles. The van der Waals surface area contributed by atoms with Crippen molar-refractivity contribution in [1.29, 1.82) is 0 Å². The second-order valence-corrected chi connectivity index (χ2v) is 5.86. The Kier molecular flexibility index (Phi) is 7.33. The largest absolute Gasteiger partial charge is 0.356 e. The van der Waals surface area contributed by atoms with Crippen LogP contribution in [-0.4, -0.2) is 37.0 Å². The van der Waals surface area contributed by atoms with Crippen LogP contribution in [0, 0.1) is 11.8 Å². The summed E-state index contributed by atoms with van der Waals surface area (Å²) in [6, 6.07) is 0. The van der Waals surface area contributed by atoms with Crippen LogP contribution in [0.15, 0.2) is 0 Å². The van der Waals surface area contributed by atoms with E-state index in [0.717, 1.165) is 38.3 Å². The van der Waals surface area contributed by atoms with Gasteiger partial charge in [-0.15, -0.1) is 0 Å². The number of rotatable bonds is 7. The highest BCUT2D eigenvalue weighted by Crippen LogP contribution is 2.15. The zero-order chi connectivity index (χ0) is 13.4. The van der Waals surface area contributed by atoms with Crippen molar-refractivity contribution >= 4 is 5.91 Å². The van der Waals surface area contributed by atoms with Crippen molar-refractivity contribution in [2.24, 2.45) is 11.8 Å². The molecule has 1 unspecified atom stereocenters. The average molecular weight is 254 g/mol. The van der Waals surface area contributed by atoms with Gasteiger partial charge in [0.1, 0.15) is 0 Å². The molecular formula is C15H30N2O. The van der Waals surface area contributed by atoms with Crippen molar-refractivity contribution in [2.75, 3.05) is 26.2 Å². The highest BCUT2D eigenvalue weighted by Gasteiger charge is 2.15. The number of nitrogens with zero attached hydrogens (tertiary/aromatic N) is 1. The third-order valence-electron chi connectivity index (χ3n) is 4.00. The van der Waals surface area contributed by atoms with E-state index in [1.807, 2.05) is 6.92 Å². The van der Waals surface area contributed by atoms with Crippen molar-refractivity contribution in [2.45, 2.75) is 52.9 Å². The van der Waals surface area contributed by atoms with Crippen molar-refractivity contribution < 1.29 is 4.79 Å². The molecule has 0 aliphatic carbocycles. The van der Waals surface area contributed by atoms with Gasteiger partial charge in [-0.3, -0.25) is 4.79 Å². The third kappa shape index (κ3) is 5.85. The first-order chi connectivity index (χ1) is 8.63. The SMILES string of the molecule is CCCC(C)C(=O)NCCCN1CCC(C)CC1. The van der Waals surface area contributed by atoms with Gasteiger partial charge in [-0.1, -0.05) is 27.2 Å². The summed E-state index contributed by atoms with van der Waals surface area (Å²) in [6.07, 6.45) is 5.83. The second-order valence-electron chi connectivity index (χ2n) is 5.86. The molecule has 1 amide bonds. The molecule has 1 heterocycles. The summed E-state index contributed by atoms with van der Waals surface area (Å²) in [4.78, 5) is 14.2. The van der Waals surface area contributed by atoms with Crippen LogP contribution in [0.5, 0.6) is 0 Å². The van der Waals surface area contributed by atoms with Crippen molar-refractivity contribution in [3.8, 4) is 0 Å². The summed E-state index contributed by atoms with van der Waals surface area (Å²) >= 11 is 0. The minimum atomic E-state index is 0.172. The number of hydrogen-bond acceptors (Lipinski definition) is 2. The van der Waals surface area contributed by atoms with E-state index in [-0.39, 0.29) is 11.8 Å². The zero-order valence-corrected chi connectivity index (χ0v) is 12.4. The van der Waals surface area contributed by atoms with Crippen LogP contribution in [0.1, 0.15) is 52.9 Å². The third-order valence-corrected chi connectivity index (χ3v) is 4.00. The smallest absolute Gasteiger partial charge is 0.222 e. The maximum Gasteiger partial charge on any atom is 0.222 e. The number of likely N-dealkylation sites (tertiary alicyclic amines) is 1. The summed E-state index contributed by atoms with van der Waals surface area (Å²) in [5.41, 5.74) is 0. The predicted octanol–water partition coefficient (Wildman–Crippen LogP) is 2.66. The average Bonchev–Trinajstić information content (AvgIpc) is 2.36. The molecule has 3 heteroatoms. The lowest BCUT2D eigenvalue weighted by atomic mass is 9.99. The maximum absolute atomic E-state index is 11.7. The molecule has 1 atom stereocenters. The Morgan fingerprint density at radius 2 is 2.06 bits per heavy atom.